The SMILES string of the molecule is C=CCl.O=C(NCO)C1=CCC1. The molecule has 0 unspecified atom stereocenters. The van der Waals surface area contributed by atoms with Crippen molar-refractivity contribution in [2.45, 2.75) is 12.8 Å². The molecular formula is C8H12ClNO2. The van der Waals surface area contributed by atoms with Gasteiger partial charge in [0.25, 0.3) is 0 Å². The minimum atomic E-state index is -0.268. The highest BCUT2D eigenvalue weighted by molar-refractivity contribution is 6.25. The lowest BCUT2D eigenvalue weighted by molar-refractivity contribution is -0.118. The van der Waals surface area contributed by atoms with E-state index in [0.717, 1.165) is 18.4 Å². The molecule has 0 aromatic heterocycles. The molecule has 3 nitrogen and oxygen atoms in total. The quantitative estimate of drug-likeness (QED) is 0.641. The molecule has 0 fully saturated rings. The highest BCUT2D eigenvalue weighted by Gasteiger charge is 2.12. The molecule has 1 amide bonds. The lowest BCUT2D eigenvalue weighted by atomic mass is 9.99. The molecule has 0 aliphatic heterocycles. The van der Waals surface area contributed by atoms with Gasteiger partial charge in [0.1, 0.15) is 6.73 Å². The fourth-order valence-corrected chi connectivity index (χ4v) is 0.680. The number of amides is 1. The number of nitrogens with one attached hydrogen (secondary N) is 1. The van der Waals surface area contributed by atoms with Gasteiger partial charge < -0.3 is 10.4 Å². The Hall–Kier alpha value is -0.800. The van der Waals surface area contributed by atoms with Crippen LogP contribution >= 0.6 is 11.6 Å². The molecule has 68 valence electrons. The zero-order chi connectivity index (χ0) is 9.40. The van der Waals surface area contributed by atoms with Crippen LogP contribution in [0, 0.1) is 0 Å². The summed E-state index contributed by atoms with van der Waals surface area (Å²) in [7, 11) is 0. The van der Waals surface area contributed by atoms with Crippen molar-refractivity contribution in [3.8, 4) is 0 Å². The predicted octanol–water partition coefficient (Wildman–Crippen LogP) is 1.14. The molecule has 0 heterocycles. The van der Waals surface area contributed by atoms with Crippen molar-refractivity contribution in [1.29, 1.82) is 0 Å². The number of carbonyl (C=O) groups is 1. The predicted molar refractivity (Wildman–Crippen MR) is 48.6 cm³/mol. The lowest BCUT2D eigenvalue weighted by Crippen LogP contribution is -2.27. The highest BCUT2D eigenvalue weighted by Crippen LogP contribution is 2.16. The van der Waals surface area contributed by atoms with E-state index in [2.05, 4.69) is 11.9 Å². The summed E-state index contributed by atoms with van der Waals surface area (Å²) in [5.41, 5.74) is 2.02. The van der Waals surface area contributed by atoms with Crippen molar-refractivity contribution < 1.29 is 9.90 Å². The number of aliphatic hydroxyl groups is 1. The van der Waals surface area contributed by atoms with Crippen molar-refractivity contribution in [2.24, 2.45) is 0 Å². The third-order valence-corrected chi connectivity index (χ3v) is 1.34. The van der Waals surface area contributed by atoms with E-state index >= 15 is 0 Å². The van der Waals surface area contributed by atoms with Crippen LogP contribution in [0.25, 0.3) is 0 Å². The Bertz CT molecular complexity index is 189. The Balaban J connectivity index is 0.000000354. The van der Waals surface area contributed by atoms with Crippen molar-refractivity contribution in [3.63, 3.8) is 0 Å². The van der Waals surface area contributed by atoms with Crippen LogP contribution in [0.15, 0.2) is 23.8 Å². The fraction of sp³-hybridized carbons (Fsp3) is 0.375. The highest BCUT2D eigenvalue weighted by atomic mass is 35.5. The molecule has 0 radical (unpaired) electrons. The minimum Gasteiger partial charge on any atom is -0.376 e. The summed E-state index contributed by atoms with van der Waals surface area (Å²) in [5.74, 6) is -0.135. The van der Waals surface area contributed by atoms with Crippen molar-refractivity contribution in [1.82, 2.24) is 5.32 Å². The van der Waals surface area contributed by atoms with E-state index < -0.39 is 0 Å². The first-order chi connectivity index (χ1) is 5.76. The first-order valence-electron chi connectivity index (χ1n) is 3.55. The van der Waals surface area contributed by atoms with Gasteiger partial charge in [-0.25, -0.2) is 0 Å². The Morgan fingerprint density at radius 2 is 2.42 bits per heavy atom. The largest absolute Gasteiger partial charge is 0.376 e. The van der Waals surface area contributed by atoms with E-state index in [1.165, 1.54) is 5.54 Å². The Kier molecular flexibility index (Phi) is 6.42. The molecule has 0 bridgehead atoms. The van der Waals surface area contributed by atoms with E-state index in [1.54, 1.807) is 0 Å². The van der Waals surface area contributed by atoms with Gasteiger partial charge >= 0.3 is 0 Å². The van der Waals surface area contributed by atoms with Gasteiger partial charge in [0, 0.05) is 5.57 Å². The normalized spacial score (nSPS) is 13.0. The number of allylic oxidation sites excluding steroid dienone is 1. The summed E-state index contributed by atoms with van der Waals surface area (Å²) in [5, 5.41) is 10.5. The summed E-state index contributed by atoms with van der Waals surface area (Å²) in [4.78, 5) is 10.7. The summed E-state index contributed by atoms with van der Waals surface area (Å²) in [6.07, 6.45) is 3.71. The fourth-order valence-electron chi connectivity index (χ4n) is 0.680. The Morgan fingerprint density at radius 1 is 1.92 bits per heavy atom. The average molecular weight is 190 g/mol. The number of hydrogen-bond acceptors (Lipinski definition) is 2. The second-order valence-electron chi connectivity index (χ2n) is 2.09. The van der Waals surface area contributed by atoms with Crippen LogP contribution in [0.2, 0.25) is 0 Å². The van der Waals surface area contributed by atoms with Crippen LogP contribution in [0.3, 0.4) is 0 Å². The molecule has 1 aliphatic rings. The first kappa shape index (κ1) is 11.2. The second kappa shape index (κ2) is 6.88. The maximum Gasteiger partial charge on any atom is 0.248 e. The van der Waals surface area contributed by atoms with Gasteiger partial charge in [0.15, 0.2) is 0 Å². The van der Waals surface area contributed by atoms with Crippen molar-refractivity contribution >= 4 is 17.5 Å². The van der Waals surface area contributed by atoms with E-state index in [0.29, 0.717) is 0 Å². The van der Waals surface area contributed by atoms with Crippen LogP contribution in [-0.4, -0.2) is 17.7 Å². The van der Waals surface area contributed by atoms with Gasteiger partial charge in [-0.1, -0.05) is 24.3 Å². The summed E-state index contributed by atoms with van der Waals surface area (Å²) in [6, 6.07) is 0. The number of aliphatic hydroxyl groups excluding tert-OH is 1. The molecule has 0 aromatic carbocycles. The third-order valence-electron chi connectivity index (χ3n) is 1.34. The van der Waals surface area contributed by atoms with E-state index in [1.807, 2.05) is 6.08 Å². The molecule has 0 spiro atoms. The van der Waals surface area contributed by atoms with Crippen LogP contribution in [0.1, 0.15) is 12.8 Å². The third kappa shape index (κ3) is 4.16. The topological polar surface area (TPSA) is 49.3 Å². The van der Waals surface area contributed by atoms with E-state index in [-0.39, 0.29) is 12.6 Å². The molecule has 0 saturated carbocycles. The lowest BCUT2D eigenvalue weighted by Gasteiger charge is -2.11. The maximum absolute atomic E-state index is 10.7. The standard InChI is InChI=1S/C6H9NO2.C2H3Cl/c8-4-7-6(9)5-2-1-3-5;1-2-3/h2,8H,1,3-4H2,(H,7,9);2H,1H2. The maximum atomic E-state index is 10.7. The zero-order valence-electron chi connectivity index (χ0n) is 6.72. The Morgan fingerprint density at radius 3 is 2.67 bits per heavy atom. The molecule has 0 aromatic rings. The van der Waals surface area contributed by atoms with Crippen LogP contribution in [0.4, 0.5) is 0 Å². The van der Waals surface area contributed by atoms with Gasteiger partial charge in [-0.3, -0.25) is 4.79 Å². The molecule has 12 heavy (non-hydrogen) atoms. The van der Waals surface area contributed by atoms with Gasteiger partial charge in [-0.05, 0) is 18.4 Å². The number of hydrogen-bond donors (Lipinski definition) is 2. The number of halogens is 1. The zero-order valence-corrected chi connectivity index (χ0v) is 7.47. The minimum absolute atomic E-state index is 0.135. The smallest absolute Gasteiger partial charge is 0.248 e. The second-order valence-corrected chi connectivity index (χ2v) is 2.39. The first-order valence-corrected chi connectivity index (χ1v) is 3.99. The van der Waals surface area contributed by atoms with Crippen LogP contribution in [0.5, 0.6) is 0 Å². The number of rotatable bonds is 2. The van der Waals surface area contributed by atoms with Crippen molar-refractivity contribution in [2.75, 3.05) is 6.73 Å². The van der Waals surface area contributed by atoms with Crippen LogP contribution < -0.4 is 5.32 Å². The Labute approximate surface area is 76.7 Å². The average Bonchev–Trinajstić information content (AvgIpc) is 1.85. The summed E-state index contributed by atoms with van der Waals surface area (Å²) < 4.78 is 0. The summed E-state index contributed by atoms with van der Waals surface area (Å²) in [6.45, 7) is 2.86. The summed E-state index contributed by atoms with van der Waals surface area (Å²) >= 11 is 4.76. The van der Waals surface area contributed by atoms with E-state index in [4.69, 9.17) is 16.7 Å². The van der Waals surface area contributed by atoms with Crippen molar-refractivity contribution in [3.05, 3.63) is 23.8 Å². The van der Waals surface area contributed by atoms with Crippen LogP contribution in [-0.2, 0) is 4.79 Å². The molecular weight excluding hydrogens is 178 g/mol. The molecule has 2 N–H and O–H groups in total. The van der Waals surface area contributed by atoms with Gasteiger partial charge in [0.05, 0.1) is 0 Å². The molecule has 4 heteroatoms. The molecule has 0 atom stereocenters. The monoisotopic (exact) mass is 189 g/mol. The molecule has 1 aliphatic carbocycles. The molecule has 1 rings (SSSR count). The van der Waals surface area contributed by atoms with Gasteiger partial charge in [-0.2, -0.15) is 0 Å². The van der Waals surface area contributed by atoms with Gasteiger partial charge in [-0.15, -0.1) is 0 Å². The molecule has 0 saturated heterocycles. The number of carbonyl (C=O) groups excluding carboxylic acids is 1. The van der Waals surface area contributed by atoms with E-state index in [9.17, 15) is 4.79 Å². The van der Waals surface area contributed by atoms with Gasteiger partial charge in [0.2, 0.25) is 5.91 Å².